The first kappa shape index (κ1) is 30.9. The summed E-state index contributed by atoms with van der Waals surface area (Å²) >= 11 is 0. The van der Waals surface area contributed by atoms with E-state index >= 15 is 0 Å². The van der Waals surface area contributed by atoms with Crippen LogP contribution in [-0.4, -0.2) is 0 Å². The molecule has 0 N–H and O–H groups in total. The minimum absolute atomic E-state index is 0.970. The zero-order chi connectivity index (χ0) is 26.6. The van der Waals surface area contributed by atoms with Gasteiger partial charge in [-0.15, -0.1) is 0 Å². The van der Waals surface area contributed by atoms with Crippen molar-refractivity contribution in [1.82, 2.24) is 0 Å². The Labute approximate surface area is 229 Å². The van der Waals surface area contributed by atoms with Crippen LogP contribution < -0.4 is 4.74 Å². The van der Waals surface area contributed by atoms with Crippen LogP contribution in [0.2, 0.25) is 0 Å². The van der Waals surface area contributed by atoms with Crippen LogP contribution in [0.5, 0.6) is 11.5 Å². The van der Waals surface area contributed by atoms with Crippen molar-refractivity contribution in [3.63, 3.8) is 0 Å². The Morgan fingerprint density at radius 3 is 1.27 bits per heavy atom. The third-order valence-corrected chi connectivity index (χ3v) is 7.30. The van der Waals surface area contributed by atoms with Gasteiger partial charge in [0.25, 0.3) is 0 Å². The molecule has 0 aliphatic carbocycles. The lowest BCUT2D eigenvalue weighted by Gasteiger charge is -2.17. The zero-order valence-electron chi connectivity index (χ0n) is 24.5. The predicted octanol–water partition coefficient (Wildman–Crippen LogP) is 12.1. The molecule has 2 aromatic carbocycles. The lowest BCUT2D eigenvalue weighted by Crippen LogP contribution is -1.98. The van der Waals surface area contributed by atoms with E-state index in [1.54, 1.807) is 0 Å². The van der Waals surface area contributed by atoms with Gasteiger partial charge in [-0.1, -0.05) is 139 Å². The van der Waals surface area contributed by atoms with Gasteiger partial charge in [-0.25, -0.2) is 0 Å². The molecule has 0 aliphatic rings. The standard InChI is InChI=1S/C36H54O/c1-5-9-11-13-15-17-19-25-31-27-21-29-35(33(31)23-7-3)37-36-30-22-28-32(34(36)24-8-4)26-20-18-16-14-12-10-6-2/h7-8,21-24,27-30H,5-6,9-20,25-26H2,1-4H3. The van der Waals surface area contributed by atoms with Crippen molar-refractivity contribution < 1.29 is 4.74 Å². The maximum absolute atomic E-state index is 6.67. The van der Waals surface area contributed by atoms with Gasteiger partial charge in [-0.3, -0.25) is 0 Å². The van der Waals surface area contributed by atoms with E-state index in [9.17, 15) is 0 Å². The second-order valence-corrected chi connectivity index (χ2v) is 10.5. The Hall–Kier alpha value is -2.28. The van der Waals surface area contributed by atoms with Crippen LogP contribution in [-0.2, 0) is 12.8 Å². The van der Waals surface area contributed by atoms with Gasteiger partial charge in [0.15, 0.2) is 0 Å². The molecule has 1 heteroatoms. The van der Waals surface area contributed by atoms with Gasteiger partial charge in [0.1, 0.15) is 11.5 Å². The van der Waals surface area contributed by atoms with Crippen LogP contribution in [0, 0.1) is 0 Å². The van der Waals surface area contributed by atoms with Crippen LogP contribution in [0.4, 0.5) is 0 Å². The molecule has 0 aliphatic heterocycles. The van der Waals surface area contributed by atoms with E-state index in [-0.39, 0.29) is 0 Å². The predicted molar refractivity (Wildman–Crippen MR) is 166 cm³/mol. The van der Waals surface area contributed by atoms with E-state index in [2.05, 4.69) is 88.4 Å². The van der Waals surface area contributed by atoms with Crippen molar-refractivity contribution in [3.05, 3.63) is 70.8 Å². The minimum atomic E-state index is 0.970. The molecule has 0 fully saturated rings. The summed E-state index contributed by atoms with van der Waals surface area (Å²) < 4.78 is 6.67. The summed E-state index contributed by atoms with van der Waals surface area (Å²) in [6.45, 7) is 8.77. The van der Waals surface area contributed by atoms with E-state index in [1.165, 1.54) is 112 Å². The van der Waals surface area contributed by atoms with E-state index in [0.717, 1.165) is 24.3 Å². The number of ether oxygens (including phenoxy) is 1. The Balaban J connectivity index is 2.08. The number of hydrogen-bond donors (Lipinski definition) is 0. The molecule has 0 bridgehead atoms. The monoisotopic (exact) mass is 502 g/mol. The molecule has 0 saturated carbocycles. The molecule has 0 aromatic heterocycles. The summed E-state index contributed by atoms with van der Waals surface area (Å²) in [5.74, 6) is 1.94. The smallest absolute Gasteiger partial charge is 0.134 e. The highest BCUT2D eigenvalue weighted by Gasteiger charge is 2.12. The molecule has 2 rings (SSSR count). The summed E-state index contributed by atoms with van der Waals surface area (Å²) in [5.41, 5.74) is 5.27. The Morgan fingerprint density at radius 2 is 0.892 bits per heavy atom. The van der Waals surface area contributed by atoms with Gasteiger partial charge in [-0.2, -0.15) is 0 Å². The second kappa shape index (κ2) is 19.8. The van der Waals surface area contributed by atoms with Gasteiger partial charge >= 0.3 is 0 Å². The van der Waals surface area contributed by atoms with Crippen LogP contribution >= 0.6 is 0 Å². The van der Waals surface area contributed by atoms with Crippen molar-refractivity contribution in [1.29, 1.82) is 0 Å². The zero-order valence-corrected chi connectivity index (χ0v) is 24.5. The van der Waals surface area contributed by atoms with Crippen LogP contribution in [0.15, 0.2) is 48.6 Å². The number of aryl methyl sites for hydroxylation is 2. The van der Waals surface area contributed by atoms with Crippen molar-refractivity contribution in [2.24, 2.45) is 0 Å². The summed E-state index contributed by atoms with van der Waals surface area (Å²) in [7, 11) is 0. The first-order valence-corrected chi connectivity index (χ1v) is 15.4. The maximum atomic E-state index is 6.67. The highest BCUT2D eigenvalue weighted by atomic mass is 16.5. The molecular formula is C36H54O. The second-order valence-electron chi connectivity index (χ2n) is 10.5. The first-order chi connectivity index (χ1) is 18.2. The van der Waals surface area contributed by atoms with Crippen molar-refractivity contribution >= 4 is 12.2 Å². The summed E-state index contributed by atoms with van der Waals surface area (Å²) in [5, 5.41) is 0. The number of rotatable bonds is 20. The Kier molecular flexibility index (Phi) is 16.5. The van der Waals surface area contributed by atoms with Crippen molar-refractivity contribution in [2.75, 3.05) is 0 Å². The number of hydrogen-bond acceptors (Lipinski definition) is 1. The topological polar surface area (TPSA) is 9.23 Å². The molecular weight excluding hydrogens is 448 g/mol. The van der Waals surface area contributed by atoms with Gasteiger partial charge < -0.3 is 4.74 Å². The van der Waals surface area contributed by atoms with Gasteiger partial charge in [0, 0.05) is 11.1 Å². The lowest BCUT2D eigenvalue weighted by molar-refractivity contribution is 0.478. The lowest BCUT2D eigenvalue weighted by atomic mass is 9.98. The summed E-state index contributed by atoms with van der Waals surface area (Å²) in [6.07, 6.45) is 29.7. The molecule has 0 unspecified atom stereocenters. The maximum Gasteiger partial charge on any atom is 0.134 e. The molecule has 0 atom stereocenters. The number of benzene rings is 2. The highest BCUT2D eigenvalue weighted by molar-refractivity contribution is 5.65. The molecule has 0 spiro atoms. The molecule has 0 heterocycles. The van der Waals surface area contributed by atoms with E-state index in [1.807, 2.05) is 0 Å². The molecule has 0 saturated heterocycles. The van der Waals surface area contributed by atoms with Crippen molar-refractivity contribution in [3.8, 4) is 11.5 Å². The third kappa shape index (κ3) is 11.8. The van der Waals surface area contributed by atoms with E-state index in [4.69, 9.17) is 4.74 Å². The molecule has 204 valence electrons. The largest absolute Gasteiger partial charge is 0.456 e. The first-order valence-electron chi connectivity index (χ1n) is 15.4. The number of allylic oxidation sites excluding steroid dienone is 2. The van der Waals surface area contributed by atoms with Gasteiger partial charge in [0.2, 0.25) is 0 Å². The quantitative estimate of drug-likeness (QED) is 0.164. The van der Waals surface area contributed by atoms with Crippen LogP contribution in [0.1, 0.15) is 140 Å². The molecule has 37 heavy (non-hydrogen) atoms. The summed E-state index contributed by atoms with van der Waals surface area (Å²) in [6, 6.07) is 13.2. The summed E-state index contributed by atoms with van der Waals surface area (Å²) in [4.78, 5) is 0. The normalized spacial score (nSPS) is 11.7. The third-order valence-electron chi connectivity index (χ3n) is 7.30. The van der Waals surface area contributed by atoms with Crippen molar-refractivity contribution in [2.45, 2.75) is 130 Å². The van der Waals surface area contributed by atoms with E-state index < -0.39 is 0 Å². The molecule has 0 radical (unpaired) electrons. The van der Waals surface area contributed by atoms with Crippen LogP contribution in [0.25, 0.3) is 12.2 Å². The minimum Gasteiger partial charge on any atom is -0.456 e. The molecule has 1 nitrogen and oxygen atoms in total. The fraction of sp³-hybridized carbons (Fsp3) is 0.556. The number of unbranched alkanes of at least 4 members (excludes halogenated alkanes) is 12. The average molecular weight is 503 g/mol. The Bertz CT molecular complexity index is 845. The fourth-order valence-electron chi connectivity index (χ4n) is 5.17. The average Bonchev–Trinajstić information content (AvgIpc) is 2.91. The van der Waals surface area contributed by atoms with Crippen LogP contribution in [0.3, 0.4) is 0 Å². The fourth-order valence-corrected chi connectivity index (χ4v) is 5.17. The molecule has 0 amide bonds. The van der Waals surface area contributed by atoms with Gasteiger partial charge in [0.05, 0.1) is 0 Å². The highest BCUT2D eigenvalue weighted by Crippen LogP contribution is 2.34. The van der Waals surface area contributed by atoms with Gasteiger partial charge in [-0.05, 0) is 62.8 Å². The Morgan fingerprint density at radius 1 is 0.514 bits per heavy atom. The van der Waals surface area contributed by atoms with E-state index in [0.29, 0.717) is 0 Å². The SMILES string of the molecule is CC=Cc1c(CCCCCCCCC)cccc1Oc1cccc(CCCCCCCCC)c1C=CC. The molecule has 2 aromatic rings.